The van der Waals surface area contributed by atoms with Crippen LogP contribution in [0.5, 0.6) is 0 Å². The topological polar surface area (TPSA) is 263 Å². The molecule has 16 atom stereocenters. The Bertz CT molecular complexity index is 2310. The highest BCUT2D eigenvalue weighted by molar-refractivity contribution is 6.15. The van der Waals surface area contributed by atoms with Crippen LogP contribution in [0.2, 0.25) is 0 Å². The summed E-state index contributed by atoms with van der Waals surface area (Å²) in [5.74, 6) is -23.0. The van der Waals surface area contributed by atoms with Crippen molar-refractivity contribution in [2.24, 2.45) is 91.2 Å². The molecule has 0 heterocycles. The predicted octanol–water partition coefficient (Wildman–Crippen LogP) is -1.49. The normalized spacial score (nSPS) is 45.8. The average Bonchev–Trinajstić information content (AvgIpc) is 3.24. The van der Waals surface area contributed by atoms with Gasteiger partial charge >= 0.3 is 59.7 Å². The zero-order valence-corrected chi connectivity index (χ0v) is 33.9. The Labute approximate surface area is 339 Å². The predicted molar refractivity (Wildman–Crippen MR) is 184 cm³/mol. The molecule has 20 heteroatoms. The third kappa shape index (κ3) is 2.79. The first-order valence-corrected chi connectivity index (χ1v) is 18.8. The second kappa shape index (κ2) is 11.3. The van der Waals surface area contributed by atoms with Crippen molar-refractivity contribution in [3.63, 3.8) is 0 Å². The lowest BCUT2D eigenvalue weighted by molar-refractivity contribution is -0.588. The van der Waals surface area contributed by atoms with Crippen LogP contribution in [0.25, 0.3) is 0 Å². The smallest absolute Gasteiger partial charge is 0.334 e. The number of hydrogen-bond acceptors (Lipinski definition) is 20. The summed E-state index contributed by atoms with van der Waals surface area (Å²) in [6, 6.07) is 0. The quantitative estimate of drug-likeness (QED) is 0.138. The molecule has 7 saturated carbocycles. The third-order valence-corrected chi connectivity index (χ3v) is 17.3. The molecular formula is C40H40O20. The lowest BCUT2D eigenvalue weighted by Crippen LogP contribution is -3.13. The molecule has 0 bridgehead atoms. The van der Waals surface area contributed by atoms with Crippen molar-refractivity contribution in [3.8, 4) is 0 Å². The van der Waals surface area contributed by atoms with E-state index in [0.717, 1.165) is 71.1 Å². The molecule has 0 aromatic carbocycles. The minimum absolute atomic E-state index is 0.177. The van der Waals surface area contributed by atoms with E-state index in [0.29, 0.717) is 0 Å². The molecule has 9 aliphatic carbocycles. The van der Waals surface area contributed by atoms with Gasteiger partial charge in [-0.15, -0.1) is 0 Å². The fourth-order valence-corrected chi connectivity index (χ4v) is 16.8. The van der Waals surface area contributed by atoms with Crippen LogP contribution in [0, 0.1) is 91.2 Å². The van der Waals surface area contributed by atoms with Gasteiger partial charge in [0.05, 0.1) is 120 Å². The van der Waals surface area contributed by atoms with Gasteiger partial charge < -0.3 is 47.4 Å². The Balaban J connectivity index is 1.39. The minimum atomic E-state index is -2.40. The van der Waals surface area contributed by atoms with Gasteiger partial charge in [0, 0.05) is 23.7 Å². The Hall–Kier alpha value is -5.82. The van der Waals surface area contributed by atoms with Gasteiger partial charge in [0.15, 0.2) is 0 Å². The van der Waals surface area contributed by atoms with Crippen molar-refractivity contribution in [3.05, 3.63) is 22.8 Å². The van der Waals surface area contributed by atoms with Crippen LogP contribution >= 0.6 is 0 Å². The maximum Gasteiger partial charge on any atom is 0.334 e. The van der Waals surface area contributed by atoms with Crippen molar-refractivity contribution in [2.75, 3.05) is 71.1 Å². The van der Waals surface area contributed by atoms with Crippen molar-refractivity contribution in [1.82, 2.24) is 0 Å². The molecule has 0 aromatic rings. The first kappa shape index (κ1) is 39.6. The Morgan fingerprint density at radius 1 is 0.367 bits per heavy atom. The molecule has 320 valence electrons. The molecule has 20 nitrogen and oxygen atoms in total. The third-order valence-electron chi connectivity index (χ3n) is 17.3. The minimum Gasteiger partial charge on any atom is -0.469 e. The van der Waals surface area contributed by atoms with E-state index in [1.165, 1.54) is 6.08 Å². The Morgan fingerprint density at radius 2 is 0.667 bits per heavy atom. The molecule has 9 rings (SSSR count). The summed E-state index contributed by atoms with van der Waals surface area (Å²) in [5, 5.41) is 0. The van der Waals surface area contributed by atoms with Gasteiger partial charge in [0.1, 0.15) is 5.41 Å². The molecule has 0 N–H and O–H groups in total. The maximum atomic E-state index is 15.2. The number of rotatable bonds is 10. The standard InChI is InChI=1S/C40H40O20/c1-51-24(41)13-11-12-16-19(34(12,13)27(44)54-4)38(31(48)58-8)23-22(35(16,38)28(45)55-5)39(32(49)59-9)20-21(40(23,39)33(50)60-10)37(30(47)57-7)18-15(26(43)53-3)14(25(42)52-2)17(18)36(20,37)29(46)56-6/h11-12,16-23H,1-10H3/t12-,16+,17-,18+,19+,20+,21-,22-,23+,34-,35+,36-,37+,38-,39-,40+/m0/s1. The lowest BCUT2D eigenvalue weighted by Gasteiger charge is -3.05. The van der Waals surface area contributed by atoms with Gasteiger partial charge in [-0.3, -0.25) is 33.6 Å². The van der Waals surface area contributed by atoms with Crippen molar-refractivity contribution in [2.45, 2.75) is 0 Å². The molecule has 0 radical (unpaired) electrons. The zero-order valence-electron chi connectivity index (χ0n) is 33.9. The van der Waals surface area contributed by atoms with Crippen LogP contribution in [0.1, 0.15) is 0 Å². The van der Waals surface area contributed by atoms with Crippen molar-refractivity contribution >= 4 is 59.7 Å². The van der Waals surface area contributed by atoms with E-state index in [9.17, 15) is 38.4 Å². The summed E-state index contributed by atoms with van der Waals surface area (Å²) < 4.78 is 53.1. The molecule has 9 aliphatic rings. The van der Waals surface area contributed by atoms with Gasteiger partial charge in [-0.05, 0) is 29.6 Å². The van der Waals surface area contributed by atoms with Crippen LogP contribution in [0.15, 0.2) is 22.8 Å². The van der Waals surface area contributed by atoms with Gasteiger partial charge in [0.25, 0.3) is 0 Å². The number of hydrogen-bond donors (Lipinski definition) is 0. The van der Waals surface area contributed by atoms with E-state index < -0.39 is 151 Å². The number of esters is 10. The Kier molecular flexibility index (Phi) is 7.47. The van der Waals surface area contributed by atoms with Crippen LogP contribution in [-0.2, 0) is 95.3 Å². The maximum absolute atomic E-state index is 15.2. The van der Waals surface area contributed by atoms with Crippen molar-refractivity contribution in [1.29, 1.82) is 0 Å². The Morgan fingerprint density at radius 3 is 1.02 bits per heavy atom. The van der Waals surface area contributed by atoms with Gasteiger partial charge in [-0.2, -0.15) is 0 Å². The monoisotopic (exact) mass is 840 g/mol. The summed E-state index contributed by atoms with van der Waals surface area (Å²) in [7, 11) is 10.2. The van der Waals surface area contributed by atoms with E-state index in [-0.39, 0.29) is 16.7 Å². The highest BCUT2D eigenvalue weighted by Gasteiger charge is 3.20. The second-order valence-electron chi connectivity index (χ2n) is 16.8. The van der Waals surface area contributed by atoms with Crippen LogP contribution in [-0.4, -0.2) is 131 Å². The SMILES string of the molecule is COC(=O)C1=C[C@H]2[C@@H]3[C@H]([C@@]12C(=O)OC)[C@@]1(C(=O)OC)[C@H]2[C@H]([C@]4(C(=O)OC)[C@@H]5[C@H]([C@]24C(=O)OC)[C@@]2(C(=O)OC)[C@@H]4C(C(=O)OC)=C(C(=O)OC)[C@@H]4[C@@]52C(=O)OC)[C@@]31C(=O)OC. The number of carbonyl (C=O) groups excluding carboxylic acids is 10. The van der Waals surface area contributed by atoms with E-state index >= 15 is 9.59 Å². The van der Waals surface area contributed by atoms with E-state index in [1.807, 2.05) is 0 Å². The molecule has 7 fully saturated rings. The van der Waals surface area contributed by atoms with Gasteiger partial charge in [0.2, 0.25) is 0 Å². The van der Waals surface area contributed by atoms with Crippen LogP contribution in [0.4, 0.5) is 0 Å². The van der Waals surface area contributed by atoms with E-state index in [1.54, 1.807) is 0 Å². The largest absolute Gasteiger partial charge is 0.469 e. The molecule has 60 heavy (non-hydrogen) atoms. The summed E-state index contributed by atoms with van der Waals surface area (Å²) in [4.78, 5) is 144. The molecule has 0 spiro atoms. The van der Waals surface area contributed by atoms with Gasteiger partial charge in [-0.1, -0.05) is 6.08 Å². The first-order valence-electron chi connectivity index (χ1n) is 18.8. The summed E-state index contributed by atoms with van der Waals surface area (Å²) in [6.07, 6.45) is 1.41. The number of methoxy groups -OCH3 is 10. The zero-order chi connectivity index (χ0) is 44.0. The number of allylic oxidation sites excluding steroid dienone is 1. The lowest BCUT2D eigenvalue weighted by atomic mass is 8.92. The summed E-state index contributed by atoms with van der Waals surface area (Å²) in [6.45, 7) is 0. The molecule has 0 saturated heterocycles. The fraction of sp³-hybridized carbons (Fsp3) is 0.650. The number of fused-ring (bicyclic) bond motifs is 22. The molecule has 0 amide bonds. The average molecular weight is 841 g/mol. The summed E-state index contributed by atoms with van der Waals surface area (Å²) in [5.41, 5.74) is -16.5. The van der Waals surface area contributed by atoms with Crippen LogP contribution < -0.4 is 0 Å². The van der Waals surface area contributed by atoms with E-state index in [4.69, 9.17) is 47.4 Å². The molecule has 0 aromatic heterocycles. The molecule has 0 aliphatic heterocycles. The van der Waals surface area contributed by atoms with Gasteiger partial charge in [-0.25, -0.2) is 14.4 Å². The first-order chi connectivity index (χ1) is 28.5. The van der Waals surface area contributed by atoms with Crippen molar-refractivity contribution < 1.29 is 95.3 Å². The summed E-state index contributed by atoms with van der Waals surface area (Å²) >= 11 is 0. The van der Waals surface area contributed by atoms with Crippen LogP contribution in [0.3, 0.4) is 0 Å². The highest BCUT2D eigenvalue weighted by atomic mass is 16.6. The molecular weight excluding hydrogens is 800 g/mol. The van der Waals surface area contributed by atoms with E-state index in [2.05, 4.69) is 0 Å². The second-order valence-corrected chi connectivity index (χ2v) is 16.8. The number of ether oxygens (including phenoxy) is 10. The fourth-order valence-electron chi connectivity index (χ4n) is 16.8. The highest BCUT2D eigenvalue weighted by Crippen LogP contribution is 3.12. The molecule has 0 unspecified atom stereocenters. The number of carbonyl (C=O) groups is 10.